The molecule has 0 N–H and O–H groups in total. The molecule has 0 radical (unpaired) electrons. The lowest BCUT2D eigenvalue weighted by Gasteiger charge is -2.38. The second-order valence-electron chi connectivity index (χ2n) is 6.46. The second kappa shape index (κ2) is 9.68. The van der Waals surface area contributed by atoms with E-state index < -0.39 is 0 Å². The van der Waals surface area contributed by atoms with Crippen LogP contribution in [-0.2, 0) is 10.5 Å². The van der Waals surface area contributed by atoms with Crippen LogP contribution in [0.4, 0.5) is 0 Å². The molecule has 1 atom stereocenters. The minimum atomic E-state index is -0.0707. The van der Waals surface area contributed by atoms with Crippen molar-refractivity contribution in [3.05, 3.63) is 33.8 Å². The van der Waals surface area contributed by atoms with Gasteiger partial charge >= 0.3 is 0 Å². The lowest BCUT2D eigenvalue weighted by Crippen LogP contribution is -2.53. The molecule has 0 spiro atoms. The van der Waals surface area contributed by atoms with Gasteiger partial charge in [-0.15, -0.1) is 11.8 Å². The minimum absolute atomic E-state index is 0.0707. The first-order valence-corrected chi connectivity index (χ1v) is 10.3. The highest BCUT2D eigenvalue weighted by atomic mass is 35.5. The van der Waals surface area contributed by atoms with Crippen molar-refractivity contribution in [1.82, 2.24) is 9.80 Å². The van der Waals surface area contributed by atoms with Gasteiger partial charge in [-0.3, -0.25) is 9.69 Å². The van der Waals surface area contributed by atoms with Gasteiger partial charge in [0.1, 0.15) is 6.04 Å². The molecule has 2 rings (SSSR count). The first kappa shape index (κ1) is 20.4. The van der Waals surface area contributed by atoms with E-state index >= 15 is 0 Å². The van der Waals surface area contributed by atoms with Crippen LogP contribution in [0.5, 0.6) is 0 Å². The third-order valence-electron chi connectivity index (χ3n) is 4.32. The standard InChI is InChI=1S/C18H23Cl2N3OS/c1-13(2)17(10-21)22-5-7-23(8-6-22)18(24)12-25-11-14-3-4-15(19)9-16(14)20/h3-4,9,13,17H,5-8,11-12H2,1-2H3. The van der Waals surface area contributed by atoms with Gasteiger partial charge in [0.15, 0.2) is 0 Å². The Labute approximate surface area is 164 Å². The van der Waals surface area contributed by atoms with Gasteiger partial charge in [0, 0.05) is 42.0 Å². The van der Waals surface area contributed by atoms with Crippen LogP contribution < -0.4 is 0 Å². The van der Waals surface area contributed by atoms with E-state index in [2.05, 4.69) is 24.8 Å². The van der Waals surface area contributed by atoms with E-state index in [1.165, 1.54) is 0 Å². The van der Waals surface area contributed by atoms with Gasteiger partial charge < -0.3 is 4.90 Å². The zero-order valence-electron chi connectivity index (χ0n) is 14.5. The summed E-state index contributed by atoms with van der Waals surface area (Å²) in [6.07, 6.45) is 0. The summed E-state index contributed by atoms with van der Waals surface area (Å²) in [5.41, 5.74) is 0.988. The molecular formula is C18H23Cl2N3OS. The van der Waals surface area contributed by atoms with Crippen LogP contribution >= 0.6 is 35.0 Å². The number of hydrogen-bond acceptors (Lipinski definition) is 4. The Hall–Kier alpha value is -0.930. The molecule has 0 saturated carbocycles. The highest BCUT2D eigenvalue weighted by Gasteiger charge is 2.27. The van der Waals surface area contributed by atoms with E-state index in [0.717, 1.165) is 18.7 Å². The summed E-state index contributed by atoms with van der Waals surface area (Å²) < 4.78 is 0. The number of nitriles is 1. The number of carbonyl (C=O) groups excluding carboxylic acids is 1. The summed E-state index contributed by atoms with van der Waals surface area (Å²) in [7, 11) is 0. The molecular weight excluding hydrogens is 377 g/mol. The molecule has 1 heterocycles. The number of thioether (sulfide) groups is 1. The number of hydrogen-bond donors (Lipinski definition) is 0. The number of piperazine rings is 1. The first-order chi connectivity index (χ1) is 11.9. The predicted molar refractivity (Wildman–Crippen MR) is 105 cm³/mol. The maximum Gasteiger partial charge on any atom is 0.232 e. The smallest absolute Gasteiger partial charge is 0.232 e. The quantitative estimate of drug-likeness (QED) is 0.726. The van der Waals surface area contributed by atoms with Crippen molar-refractivity contribution in [2.24, 2.45) is 5.92 Å². The topological polar surface area (TPSA) is 47.3 Å². The average Bonchev–Trinajstić information content (AvgIpc) is 2.57. The molecule has 0 aliphatic carbocycles. The Bertz CT molecular complexity index is 640. The monoisotopic (exact) mass is 399 g/mol. The van der Waals surface area contributed by atoms with Crippen LogP contribution in [-0.4, -0.2) is 53.7 Å². The van der Waals surface area contributed by atoms with Crippen molar-refractivity contribution < 1.29 is 4.79 Å². The Morgan fingerprint density at radius 3 is 2.52 bits per heavy atom. The molecule has 0 aromatic heterocycles. The van der Waals surface area contributed by atoms with E-state index in [-0.39, 0.29) is 11.9 Å². The fraction of sp³-hybridized carbons (Fsp3) is 0.556. The van der Waals surface area contributed by atoms with Gasteiger partial charge in [0.25, 0.3) is 0 Å². The summed E-state index contributed by atoms with van der Waals surface area (Å²) in [5, 5.41) is 10.5. The Morgan fingerprint density at radius 1 is 1.28 bits per heavy atom. The van der Waals surface area contributed by atoms with E-state index in [0.29, 0.717) is 40.6 Å². The van der Waals surface area contributed by atoms with Crippen LogP contribution in [0.15, 0.2) is 18.2 Å². The van der Waals surface area contributed by atoms with Crippen molar-refractivity contribution in [2.45, 2.75) is 25.6 Å². The molecule has 1 amide bonds. The number of rotatable bonds is 6. The third kappa shape index (κ3) is 5.79. The van der Waals surface area contributed by atoms with Gasteiger partial charge in [0.05, 0.1) is 11.8 Å². The number of amides is 1. The molecule has 1 aromatic carbocycles. The molecule has 1 aromatic rings. The molecule has 1 unspecified atom stereocenters. The second-order valence-corrected chi connectivity index (χ2v) is 8.29. The summed E-state index contributed by atoms with van der Waals surface area (Å²) >= 11 is 13.6. The van der Waals surface area contributed by atoms with E-state index in [4.69, 9.17) is 23.2 Å². The summed E-state index contributed by atoms with van der Waals surface area (Å²) in [6, 6.07) is 7.73. The maximum absolute atomic E-state index is 12.4. The van der Waals surface area contributed by atoms with Gasteiger partial charge in [-0.05, 0) is 23.6 Å². The van der Waals surface area contributed by atoms with Crippen molar-refractivity contribution >= 4 is 40.9 Å². The zero-order valence-corrected chi connectivity index (χ0v) is 16.9. The first-order valence-electron chi connectivity index (χ1n) is 8.35. The van der Waals surface area contributed by atoms with Crippen LogP contribution in [0.2, 0.25) is 10.0 Å². The summed E-state index contributed by atoms with van der Waals surface area (Å²) in [4.78, 5) is 16.4. The van der Waals surface area contributed by atoms with E-state index in [1.807, 2.05) is 17.0 Å². The lowest BCUT2D eigenvalue weighted by atomic mass is 10.0. The SMILES string of the molecule is CC(C)C(C#N)N1CCN(C(=O)CSCc2ccc(Cl)cc2Cl)CC1. The van der Waals surface area contributed by atoms with Crippen LogP contribution in [0.25, 0.3) is 0 Å². The fourth-order valence-corrected chi connectivity index (χ4v) is 4.37. The lowest BCUT2D eigenvalue weighted by molar-refractivity contribution is -0.130. The zero-order chi connectivity index (χ0) is 18.4. The largest absolute Gasteiger partial charge is 0.339 e. The van der Waals surface area contributed by atoms with Crippen molar-refractivity contribution in [2.75, 3.05) is 31.9 Å². The Balaban J connectivity index is 1.76. The fourth-order valence-electron chi connectivity index (χ4n) is 2.88. The molecule has 1 saturated heterocycles. The van der Waals surface area contributed by atoms with Gasteiger partial charge in [-0.25, -0.2) is 0 Å². The third-order valence-corrected chi connectivity index (χ3v) is 5.88. The summed E-state index contributed by atoms with van der Waals surface area (Å²) in [5.74, 6) is 1.57. The molecule has 1 aliphatic heterocycles. The van der Waals surface area contributed by atoms with Crippen LogP contribution in [0.1, 0.15) is 19.4 Å². The summed E-state index contributed by atoms with van der Waals surface area (Å²) in [6.45, 7) is 7.01. The number of halogens is 2. The molecule has 136 valence electrons. The highest BCUT2D eigenvalue weighted by molar-refractivity contribution is 7.99. The van der Waals surface area contributed by atoms with Crippen molar-refractivity contribution in [3.63, 3.8) is 0 Å². The molecule has 1 aliphatic rings. The molecule has 0 bridgehead atoms. The van der Waals surface area contributed by atoms with Crippen molar-refractivity contribution in [3.8, 4) is 6.07 Å². The Morgan fingerprint density at radius 2 is 1.96 bits per heavy atom. The van der Waals surface area contributed by atoms with Crippen LogP contribution in [0.3, 0.4) is 0 Å². The number of carbonyl (C=O) groups is 1. The number of nitrogens with zero attached hydrogens (tertiary/aromatic N) is 3. The van der Waals surface area contributed by atoms with Crippen LogP contribution in [0, 0.1) is 17.2 Å². The molecule has 7 heteroatoms. The maximum atomic E-state index is 12.4. The van der Waals surface area contributed by atoms with Crippen molar-refractivity contribution in [1.29, 1.82) is 5.26 Å². The number of benzene rings is 1. The van der Waals surface area contributed by atoms with Gasteiger partial charge in [0.2, 0.25) is 5.91 Å². The highest BCUT2D eigenvalue weighted by Crippen LogP contribution is 2.25. The molecule has 1 fully saturated rings. The van der Waals surface area contributed by atoms with E-state index in [1.54, 1.807) is 17.8 Å². The van der Waals surface area contributed by atoms with Gasteiger partial charge in [-0.2, -0.15) is 5.26 Å². The molecule has 4 nitrogen and oxygen atoms in total. The Kier molecular flexibility index (Phi) is 7.89. The normalized spacial score (nSPS) is 16.7. The van der Waals surface area contributed by atoms with E-state index in [9.17, 15) is 10.1 Å². The average molecular weight is 400 g/mol. The minimum Gasteiger partial charge on any atom is -0.339 e. The molecule has 25 heavy (non-hydrogen) atoms. The predicted octanol–water partition coefficient (Wildman–Crippen LogP) is 3.92. The van der Waals surface area contributed by atoms with Gasteiger partial charge in [-0.1, -0.05) is 43.1 Å².